The summed E-state index contributed by atoms with van der Waals surface area (Å²) in [6, 6.07) is 8.77. The van der Waals surface area contributed by atoms with Crippen molar-refractivity contribution in [2.75, 3.05) is 25.2 Å². The van der Waals surface area contributed by atoms with Crippen molar-refractivity contribution in [3.63, 3.8) is 0 Å². The van der Waals surface area contributed by atoms with Gasteiger partial charge < -0.3 is 15.0 Å². The number of thiazole rings is 1. The molecular formula is C22H24F3N5O3S. The Kier molecular flexibility index (Phi) is 6.89. The van der Waals surface area contributed by atoms with Crippen LogP contribution < -0.4 is 15.8 Å². The fraction of sp³-hybridized carbons (Fsp3) is 0.455. The van der Waals surface area contributed by atoms with Gasteiger partial charge in [0.1, 0.15) is 6.04 Å². The molecule has 1 aliphatic rings. The number of carbonyl (C=O) groups is 1. The molecule has 0 saturated carbocycles. The Hall–Kier alpha value is -2.99. The van der Waals surface area contributed by atoms with Gasteiger partial charge in [0.2, 0.25) is 11.7 Å². The lowest BCUT2D eigenvalue weighted by Crippen LogP contribution is -2.44. The summed E-state index contributed by atoms with van der Waals surface area (Å²) in [5.74, 6) is -1.49. The predicted octanol–water partition coefficient (Wildman–Crippen LogP) is 3.36. The van der Waals surface area contributed by atoms with Crippen LogP contribution in [0.25, 0.3) is 10.3 Å². The molecule has 182 valence electrons. The van der Waals surface area contributed by atoms with Crippen LogP contribution in [0.4, 0.5) is 18.3 Å². The molecule has 12 heteroatoms. The van der Waals surface area contributed by atoms with Crippen molar-refractivity contribution >= 4 is 32.7 Å². The van der Waals surface area contributed by atoms with E-state index in [9.17, 15) is 22.8 Å². The molecule has 2 atom stereocenters. The Labute approximate surface area is 197 Å². The van der Waals surface area contributed by atoms with Crippen molar-refractivity contribution in [3.05, 3.63) is 52.1 Å². The first-order chi connectivity index (χ1) is 16.2. The van der Waals surface area contributed by atoms with Gasteiger partial charge in [0.25, 0.3) is 5.56 Å². The lowest BCUT2D eigenvalue weighted by atomic mass is 10.1. The summed E-state index contributed by atoms with van der Waals surface area (Å²) < 4.78 is 46.1. The number of nitrogens with one attached hydrogen (secondary N) is 1. The summed E-state index contributed by atoms with van der Waals surface area (Å²) in [4.78, 5) is 35.6. The van der Waals surface area contributed by atoms with Gasteiger partial charge in [-0.2, -0.15) is 13.2 Å². The molecule has 0 radical (unpaired) electrons. The Morgan fingerprint density at radius 1 is 1.29 bits per heavy atom. The second kappa shape index (κ2) is 9.71. The molecule has 1 fully saturated rings. The number of nitrogens with zero attached hydrogens (tertiary/aromatic N) is 4. The van der Waals surface area contributed by atoms with Crippen molar-refractivity contribution < 1.29 is 22.7 Å². The molecule has 3 aromatic rings. The number of benzene rings is 1. The number of alkyl halides is 3. The number of halogens is 3. The second-order valence-electron chi connectivity index (χ2n) is 8.03. The maximum Gasteiger partial charge on any atom is 0.449 e. The third-order valence-electron chi connectivity index (χ3n) is 5.74. The van der Waals surface area contributed by atoms with Gasteiger partial charge >= 0.3 is 6.18 Å². The zero-order chi connectivity index (χ0) is 24.5. The summed E-state index contributed by atoms with van der Waals surface area (Å²) in [5.41, 5.74) is -0.0662. The third kappa shape index (κ3) is 4.78. The normalized spacial score (nSPS) is 17.3. The average molecular weight is 496 g/mol. The molecule has 0 aliphatic carbocycles. The van der Waals surface area contributed by atoms with Gasteiger partial charge in [-0.25, -0.2) is 9.97 Å². The minimum absolute atomic E-state index is 0.0822. The lowest BCUT2D eigenvalue weighted by molar-refractivity contribution is -0.148. The molecule has 0 bridgehead atoms. The lowest BCUT2D eigenvalue weighted by Gasteiger charge is -2.25. The van der Waals surface area contributed by atoms with Gasteiger partial charge in [-0.05, 0) is 25.3 Å². The number of amides is 1. The number of fused-ring (bicyclic) bond motifs is 1. The van der Waals surface area contributed by atoms with E-state index in [2.05, 4.69) is 15.3 Å². The Morgan fingerprint density at radius 2 is 2.03 bits per heavy atom. The monoisotopic (exact) mass is 495 g/mol. The molecule has 8 nitrogen and oxygen atoms in total. The van der Waals surface area contributed by atoms with E-state index in [4.69, 9.17) is 4.74 Å². The minimum Gasteiger partial charge on any atom is -0.383 e. The Bertz CT molecular complexity index is 1230. The molecule has 34 heavy (non-hydrogen) atoms. The molecular weight excluding hydrogens is 471 g/mol. The highest BCUT2D eigenvalue weighted by Crippen LogP contribution is 2.34. The molecule has 1 amide bonds. The highest BCUT2D eigenvalue weighted by molar-refractivity contribution is 7.21. The molecule has 2 aromatic heterocycles. The van der Waals surface area contributed by atoms with Crippen molar-refractivity contribution in [2.45, 2.75) is 44.6 Å². The van der Waals surface area contributed by atoms with Crippen molar-refractivity contribution in [2.24, 2.45) is 0 Å². The van der Waals surface area contributed by atoms with Crippen LogP contribution in [0, 0.1) is 0 Å². The molecule has 4 rings (SSSR count). The summed E-state index contributed by atoms with van der Waals surface area (Å²) in [7, 11) is 1.34. The summed E-state index contributed by atoms with van der Waals surface area (Å²) in [6.07, 6.45) is -3.52. The second-order valence-corrected chi connectivity index (χ2v) is 8.98. The molecule has 1 aromatic carbocycles. The van der Waals surface area contributed by atoms with Crippen LogP contribution in [0.1, 0.15) is 37.2 Å². The fourth-order valence-corrected chi connectivity index (χ4v) is 5.04. The number of rotatable bonds is 7. The minimum atomic E-state index is -4.81. The average Bonchev–Trinajstić information content (AvgIpc) is 3.45. The first kappa shape index (κ1) is 24.1. The third-order valence-corrected chi connectivity index (χ3v) is 6.73. The van der Waals surface area contributed by atoms with Crippen molar-refractivity contribution in [1.82, 2.24) is 19.9 Å². The Balaban J connectivity index is 1.64. The van der Waals surface area contributed by atoms with Crippen molar-refractivity contribution in [1.29, 1.82) is 0 Å². The fourth-order valence-electron chi connectivity index (χ4n) is 4.03. The highest BCUT2D eigenvalue weighted by Gasteiger charge is 2.39. The van der Waals surface area contributed by atoms with Crippen LogP contribution in [0.2, 0.25) is 0 Å². The standard InChI is InChI=1S/C22H24F3N5O3S/c1-13(14-7-4-3-5-8-14)26-17(31)15-9-6-10-29(15)21-27-16-18(34-21)28-20(22(23,24)25)30(19(16)32)11-12-33-2/h3-5,7-8,13,15H,6,9-12H2,1-2H3,(H,26,31)/t13-,15-/m1/s1. The summed E-state index contributed by atoms with van der Waals surface area (Å²) >= 11 is 0.887. The zero-order valence-electron chi connectivity index (χ0n) is 18.6. The number of anilines is 1. The molecule has 1 saturated heterocycles. The largest absolute Gasteiger partial charge is 0.449 e. The van der Waals surface area contributed by atoms with Gasteiger partial charge in [0, 0.05) is 13.7 Å². The van der Waals surface area contributed by atoms with Gasteiger partial charge in [-0.3, -0.25) is 14.2 Å². The molecule has 1 N–H and O–H groups in total. The van der Waals surface area contributed by atoms with E-state index in [0.29, 0.717) is 29.1 Å². The van der Waals surface area contributed by atoms with E-state index >= 15 is 0 Å². The maximum atomic E-state index is 13.6. The topological polar surface area (TPSA) is 89.3 Å². The SMILES string of the molecule is COCCn1c(C(F)(F)F)nc2sc(N3CCC[C@@H]3C(=O)N[C@H](C)c3ccccc3)nc2c1=O. The summed E-state index contributed by atoms with van der Waals surface area (Å²) in [6.45, 7) is 2.00. The number of ether oxygens (including phenoxy) is 1. The number of carbonyl (C=O) groups excluding carboxylic acids is 1. The van der Waals surface area contributed by atoms with E-state index in [0.717, 1.165) is 16.9 Å². The van der Waals surface area contributed by atoms with E-state index in [1.807, 2.05) is 37.3 Å². The number of aromatic nitrogens is 3. The smallest absolute Gasteiger partial charge is 0.383 e. The first-order valence-corrected chi connectivity index (χ1v) is 11.6. The quantitative estimate of drug-likeness (QED) is 0.541. The highest BCUT2D eigenvalue weighted by atomic mass is 32.1. The molecule has 1 aliphatic heterocycles. The van der Waals surface area contributed by atoms with Gasteiger partial charge in [-0.1, -0.05) is 41.7 Å². The van der Waals surface area contributed by atoms with Gasteiger partial charge in [0.15, 0.2) is 15.5 Å². The first-order valence-electron chi connectivity index (χ1n) is 10.8. The predicted molar refractivity (Wildman–Crippen MR) is 122 cm³/mol. The number of hydrogen-bond donors (Lipinski definition) is 1. The molecule has 3 heterocycles. The maximum absolute atomic E-state index is 13.6. The van der Waals surface area contributed by atoms with E-state index < -0.39 is 23.6 Å². The zero-order valence-corrected chi connectivity index (χ0v) is 19.4. The number of methoxy groups -OCH3 is 1. The molecule has 0 spiro atoms. The van der Waals surface area contributed by atoms with Crippen LogP contribution in [0.15, 0.2) is 35.1 Å². The van der Waals surface area contributed by atoms with E-state index in [-0.39, 0.29) is 35.4 Å². The van der Waals surface area contributed by atoms with Crippen LogP contribution in [-0.4, -0.2) is 46.7 Å². The van der Waals surface area contributed by atoms with Crippen LogP contribution >= 0.6 is 11.3 Å². The summed E-state index contributed by atoms with van der Waals surface area (Å²) in [5, 5.41) is 3.30. The van der Waals surface area contributed by atoms with Crippen LogP contribution in [-0.2, 0) is 22.3 Å². The van der Waals surface area contributed by atoms with Crippen LogP contribution in [0.3, 0.4) is 0 Å². The molecule has 0 unspecified atom stereocenters. The van der Waals surface area contributed by atoms with Crippen molar-refractivity contribution in [3.8, 4) is 0 Å². The van der Waals surface area contributed by atoms with E-state index in [1.54, 1.807) is 4.90 Å². The van der Waals surface area contributed by atoms with E-state index in [1.165, 1.54) is 7.11 Å². The Morgan fingerprint density at radius 3 is 2.71 bits per heavy atom. The van der Waals surface area contributed by atoms with Crippen LogP contribution in [0.5, 0.6) is 0 Å². The number of hydrogen-bond acceptors (Lipinski definition) is 7. The van der Waals surface area contributed by atoms with Gasteiger partial charge in [0.05, 0.1) is 19.2 Å². The van der Waals surface area contributed by atoms with Gasteiger partial charge in [-0.15, -0.1) is 0 Å².